The third kappa shape index (κ3) is 3.41. The number of hydrogen-bond donors (Lipinski definition) is 1. The van der Waals surface area contributed by atoms with Crippen molar-refractivity contribution in [3.05, 3.63) is 57.6 Å². The van der Waals surface area contributed by atoms with Crippen LogP contribution in [0, 0.1) is 13.8 Å². The number of halogens is 1. The van der Waals surface area contributed by atoms with Gasteiger partial charge < -0.3 is 10.1 Å². The number of hydrogen-bond acceptors (Lipinski definition) is 2. The van der Waals surface area contributed by atoms with Crippen LogP contribution in [0.25, 0.3) is 0 Å². The minimum absolute atomic E-state index is 0.239. The summed E-state index contributed by atoms with van der Waals surface area (Å²) in [4.78, 5) is 0. The van der Waals surface area contributed by atoms with Crippen LogP contribution in [0.5, 0.6) is 11.5 Å². The minimum atomic E-state index is 0.239. The van der Waals surface area contributed by atoms with E-state index in [-0.39, 0.29) is 6.04 Å². The largest absolute Gasteiger partial charge is 0.457 e. The standard InChI is InChI=1S/C17H20BrNO/c1-11-5-6-12(2)16(9-11)20-17-10-14(18)7-8-15(17)13(3)19-4/h5-10,13,19H,1-4H3. The van der Waals surface area contributed by atoms with E-state index >= 15 is 0 Å². The molecule has 0 spiro atoms. The van der Waals surface area contributed by atoms with E-state index in [1.807, 2.05) is 19.2 Å². The Hall–Kier alpha value is -1.32. The van der Waals surface area contributed by atoms with Gasteiger partial charge in [-0.25, -0.2) is 0 Å². The molecule has 2 aromatic carbocycles. The predicted octanol–water partition coefficient (Wildman–Crippen LogP) is 5.14. The van der Waals surface area contributed by atoms with E-state index in [1.54, 1.807) is 0 Å². The number of benzene rings is 2. The summed E-state index contributed by atoms with van der Waals surface area (Å²) in [7, 11) is 1.95. The summed E-state index contributed by atoms with van der Waals surface area (Å²) in [5, 5.41) is 3.26. The summed E-state index contributed by atoms with van der Waals surface area (Å²) in [5.41, 5.74) is 3.49. The Labute approximate surface area is 129 Å². The van der Waals surface area contributed by atoms with Crippen LogP contribution in [0.3, 0.4) is 0 Å². The second-order valence-corrected chi connectivity index (χ2v) is 5.98. The highest BCUT2D eigenvalue weighted by molar-refractivity contribution is 9.10. The van der Waals surface area contributed by atoms with Gasteiger partial charge in [-0.05, 0) is 57.1 Å². The van der Waals surface area contributed by atoms with Crippen LogP contribution in [0.1, 0.15) is 29.7 Å². The Balaban J connectivity index is 2.41. The molecule has 1 unspecified atom stereocenters. The lowest BCUT2D eigenvalue weighted by molar-refractivity contribution is 0.462. The smallest absolute Gasteiger partial charge is 0.133 e. The first kappa shape index (κ1) is 15.1. The van der Waals surface area contributed by atoms with E-state index in [4.69, 9.17) is 4.74 Å². The van der Waals surface area contributed by atoms with E-state index < -0.39 is 0 Å². The molecule has 0 bridgehead atoms. The van der Waals surface area contributed by atoms with Crippen LogP contribution in [-0.2, 0) is 0 Å². The summed E-state index contributed by atoms with van der Waals surface area (Å²) >= 11 is 3.51. The summed E-state index contributed by atoms with van der Waals surface area (Å²) in [6, 6.07) is 12.6. The van der Waals surface area contributed by atoms with Crippen molar-refractivity contribution in [2.75, 3.05) is 7.05 Å². The molecule has 2 rings (SSSR count). The molecule has 0 aromatic heterocycles. The molecule has 2 nitrogen and oxygen atoms in total. The number of nitrogens with one attached hydrogen (secondary N) is 1. The highest BCUT2D eigenvalue weighted by Crippen LogP contribution is 2.33. The number of rotatable bonds is 4. The molecule has 0 aliphatic carbocycles. The first-order valence-corrected chi connectivity index (χ1v) is 7.52. The molecule has 0 heterocycles. The summed E-state index contributed by atoms with van der Waals surface area (Å²) in [5.74, 6) is 1.79. The van der Waals surface area contributed by atoms with E-state index in [2.05, 4.69) is 66.3 Å². The number of ether oxygens (including phenoxy) is 1. The van der Waals surface area contributed by atoms with Gasteiger partial charge >= 0.3 is 0 Å². The highest BCUT2D eigenvalue weighted by atomic mass is 79.9. The summed E-state index contributed by atoms with van der Waals surface area (Å²) < 4.78 is 7.17. The van der Waals surface area contributed by atoms with Crippen molar-refractivity contribution < 1.29 is 4.74 Å². The van der Waals surface area contributed by atoms with E-state index in [9.17, 15) is 0 Å². The van der Waals surface area contributed by atoms with Gasteiger partial charge in [-0.2, -0.15) is 0 Å². The Kier molecular flexibility index (Phi) is 4.84. The lowest BCUT2D eigenvalue weighted by atomic mass is 10.1. The normalized spacial score (nSPS) is 12.2. The average molecular weight is 334 g/mol. The van der Waals surface area contributed by atoms with Crippen LogP contribution < -0.4 is 10.1 Å². The van der Waals surface area contributed by atoms with Gasteiger partial charge in [-0.3, -0.25) is 0 Å². The lowest BCUT2D eigenvalue weighted by Gasteiger charge is -2.18. The van der Waals surface area contributed by atoms with E-state index in [0.29, 0.717) is 0 Å². The van der Waals surface area contributed by atoms with Crippen molar-refractivity contribution in [2.45, 2.75) is 26.8 Å². The Morgan fingerprint density at radius 3 is 2.50 bits per heavy atom. The zero-order chi connectivity index (χ0) is 14.7. The van der Waals surface area contributed by atoms with Gasteiger partial charge in [0.15, 0.2) is 0 Å². The molecular formula is C17H20BrNO. The molecule has 0 aliphatic rings. The van der Waals surface area contributed by atoms with E-state index in [0.717, 1.165) is 27.1 Å². The van der Waals surface area contributed by atoms with E-state index in [1.165, 1.54) is 5.56 Å². The first-order chi connectivity index (χ1) is 9.51. The van der Waals surface area contributed by atoms with Crippen LogP contribution in [-0.4, -0.2) is 7.05 Å². The Bertz CT molecular complexity index is 610. The second-order valence-electron chi connectivity index (χ2n) is 5.06. The molecule has 20 heavy (non-hydrogen) atoms. The van der Waals surface area contributed by atoms with Crippen LogP contribution in [0.2, 0.25) is 0 Å². The number of aryl methyl sites for hydroxylation is 2. The topological polar surface area (TPSA) is 21.3 Å². The maximum absolute atomic E-state index is 6.15. The van der Waals surface area contributed by atoms with Crippen molar-refractivity contribution in [1.29, 1.82) is 0 Å². The summed E-state index contributed by atoms with van der Waals surface area (Å²) in [6.45, 7) is 6.26. The fourth-order valence-electron chi connectivity index (χ4n) is 2.05. The molecule has 0 amide bonds. The van der Waals surface area contributed by atoms with Crippen molar-refractivity contribution in [2.24, 2.45) is 0 Å². The lowest BCUT2D eigenvalue weighted by Crippen LogP contribution is -2.13. The molecule has 0 aliphatic heterocycles. The fourth-order valence-corrected chi connectivity index (χ4v) is 2.39. The van der Waals surface area contributed by atoms with Crippen molar-refractivity contribution >= 4 is 15.9 Å². The SMILES string of the molecule is CNC(C)c1ccc(Br)cc1Oc1cc(C)ccc1C. The molecule has 1 atom stereocenters. The van der Waals surface area contributed by atoms with Gasteiger partial charge in [0.2, 0.25) is 0 Å². The molecule has 2 aromatic rings. The molecule has 0 saturated carbocycles. The Morgan fingerprint density at radius 2 is 1.80 bits per heavy atom. The van der Waals surface area contributed by atoms with Crippen LogP contribution in [0.4, 0.5) is 0 Å². The Morgan fingerprint density at radius 1 is 1.05 bits per heavy atom. The third-order valence-corrected chi connectivity index (χ3v) is 3.93. The average Bonchev–Trinajstić information content (AvgIpc) is 2.42. The highest BCUT2D eigenvalue weighted by Gasteiger charge is 2.12. The maximum atomic E-state index is 6.15. The predicted molar refractivity (Wildman–Crippen MR) is 87.6 cm³/mol. The molecule has 1 N–H and O–H groups in total. The van der Waals surface area contributed by atoms with Gasteiger partial charge in [0, 0.05) is 16.1 Å². The maximum Gasteiger partial charge on any atom is 0.133 e. The molecule has 106 valence electrons. The van der Waals surface area contributed by atoms with Gasteiger partial charge in [0.25, 0.3) is 0 Å². The quantitative estimate of drug-likeness (QED) is 0.836. The van der Waals surface area contributed by atoms with Gasteiger partial charge in [0.05, 0.1) is 0 Å². The molecule has 3 heteroatoms. The molecule has 0 radical (unpaired) electrons. The minimum Gasteiger partial charge on any atom is -0.457 e. The third-order valence-electron chi connectivity index (χ3n) is 3.44. The summed E-state index contributed by atoms with van der Waals surface area (Å²) in [6.07, 6.45) is 0. The van der Waals surface area contributed by atoms with Crippen LogP contribution >= 0.6 is 15.9 Å². The van der Waals surface area contributed by atoms with Gasteiger partial charge in [0.1, 0.15) is 11.5 Å². The van der Waals surface area contributed by atoms with Crippen molar-refractivity contribution in [3.8, 4) is 11.5 Å². The second kappa shape index (κ2) is 6.42. The first-order valence-electron chi connectivity index (χ1n) is 6.73. The monoisotopic (exact) mass is 333 g/mol. The molecule has 0 fully saturated rings. The zero-order valence-corrected chi connectivity index (χ0v) is 13.9. The van der Waals surface area contributed by atoms with Crippen LogP contribution in [0.15, 0.2) is 40.9 Å². The fraction of sp³-hybridized carbons (Fsp3) is 0.294. The molecular weight excluding hydrogens is 314 g/mol. The van der Waals surface area contributed by atoms with Crippen molar-refractivity contribution in [1.82, 2.24) is 5.32 Å². The zero-order valence-electron chi connectivity index (χ0n) is 12.3. The van der Waals surface area contributed by atoms with Crippen molar-refractivity contribution in [3.63, 3.8) is 0 Å². The molecule has 0 saturated heterocycles. The van der Waals surface area contributed by atoms with Gasteiger partial charge in [-0.1, -0.05) is 34.1 Å². The van der Waals surface area contributed by atoms with Gasteiger partial charge in [-0.15, -0.1) is 0 Å².